The second-order valence-electron chi connectivity index (χ2n) is 5.98. The van der Waals surface area contributed by atoms with Crippen LogP contribution in [0.15, 0.2) is 40.0 Å². The molecule has 0 saturated carbocycles. The van der Waals surface area contributed by atoms with Crippen molar-refractivity contribution >= 4 is 22.7 Å². The molecule has 1 saturated heterocycles. The quantitative estimate of drug-likeness (QED) is 0.777. The van der Waals surface area contributed by atoms with Gasteiger partial charge in [-0.25, -0.2) is 9.97 Å². The number of aromatic nitrogens is 3. The van der Waals surface area contributed by atoms with Gasteiger partial charge < -0.3 is 4.98 Å². The Morgan fingerprint density at radius 2 is 2.12 bits per heavy atom. The molecule has 7 heteroatoms. The van der Waals surface area contributed by atoms with E-state index in [9.17, 15) is 4.79 Å². The lowest BCUT2D eigenvalue weighted by molar-refractivity contribution is 0.203. The standard InChI is InChI=1S/C17H18N4OS2/c22-15-10-14(17-18-5-9-24-17)19-16(20-15)12-3-6-21(7-4-12)11-13-2-1-8-23-13/h1-2,5,8-10,12H,3-4,6-7,11H2,(H,19,20,22). The summed E-state index contributed by atoms with van der Waals surface area (Å²) >= 11 is 3.32. The molecular formula is C17H18N4OS2. The van der Waals surface area contributed by atoms with Gasteiger partial charge in [-0.1, -0.05) is 6.07 Å². The highest BCUT2D eigenvalue weighted by Gasteiger charge is 2.23. The minimum Gasteiger partial charge on any atom is -0.310 e. The van der Waals surface area contributed by atoms with Gasteiger partial charge in [-0.2, -0.15) is 0 Å². The third-order valence-electron chi connectivity index (χ3n) is 4.35. The van der Waals surface area contributed by atoms with Gasteiger partial charge >= 0.3 is 0 Å². The number of aromatic amines is 1. The van der Waals surface area contributed by atoms with Crippen LogP contribution >= 0.6 is 22.7 Å². The zero-order valence-electron chi connectivity index (χ0n) is 13.1. The lowest BCUT2D eigenvalue weighted by Crippen LogP contribution is -2.33. The molecule has 1 fully saturated rings. The van der Waals surface area contributed by atoms with Crippen LogP contribution in [0.25, 0.3) is 10.7 Å². The molecule has 3 aromatic heterocycles. The Kier molecular flexibility index (Phi) is 4.55. The Morgan fingerprint density at radius 1 is 1.25 bits per heavy atom. The molecule has 1 aliphatic rings. The van der Waals surface area contributed by atoms with Crippen molar-refractivity contribution in [1.29, 1.82) is 0 Å². The summed E-state index contributed by atoms with van der Waals surface area (Å²) in [6.45, 7) is 3.09. The van der Waals surface area contributed by atoms with Crippen molar-refractivity contribution in [3.05, 3.63) is 56.2 Å². The minimum absolute atomic E-state index is 0.0915. The molecule has 0 atom stereocenters. The molecule has 0 aromatic carbocycles. The van der Waals surface area contributed by atoms with E-state index in [2.05, 4.69) is 37.4 Å². The lowest BCUT2D eigenvalue weighted by Gasteiger charge is -2.31. The fourth-order valence-corrected chi connectivity index (χ4v) is 4.46. The Morgan fingerprint density at radius 3 is 2.83 bits per heavy atom. The van der Waals surface area contributed by atoms with Gasteiger partial charge in [0.15, 0.2) is 0 Å². The van der Waals surface area contributed by atoms with E-state index in [1.54, 1.807) is 6.20 Å². The summed E-state index contributed by atoms with van der Waals surface area (Å²) in [4.78, 5) is 27.8. The monoisotopic (exact) mass is 358 g/mol. The van der Waals surface area contributed by atoms with Gasteiger partial charge in [0.1, 0.15) is 16.5 Å². The second kappa shape index (κ2) is 6.96. The third-order valence-corrected chi connectivity index (χ3v) is 6.00. The van der Waals surface area contributed by atoms with E-state index in [0.29, 0.717) is 11.6 Å². The molecule has 4 heterocycles. The zero-order chi connectivity index (χ0) is 16.4. The molecule has 0 spiro atoms. The van der Waals surface area contributed by atoms with E-state index in [4.69, 9.17) is 0 Å². The Labute approximate surface area is 148 Å². The Balaban J connectivity index is 1.46. The SMILES string of the molecule is O=c1cc(-c2nccs2)nc(C2CCN(Cc3cccs3)CC2)[nH]1. The van der Waals surface area contributed by atoms with Crippen LogP contribution in [0.2, 0.25) is 0 Å². The van der Waals surface area contributed by atoms with E-state index < -0.39 is 0 Å². The number of hydrogen-bond donors (Lipinski definition) is 1. The van der Waals surface area contributed by atoms with Crippen LogP contribution < -0.4 is 5.56 Å². The van der Waals surface area contributed by atoms with Crippen LogP contribution in [0.4, 0.5) is 0 Å². The Hall–Kier alpha value is -1.83. The predicted octanol–water partition coefficient (Wildman–Crippen LogP) is 3.33. The normalized spacial score (nSPS) is 16.5. The van der Waals surface area contributed by atoms with Crippen molar-refractivity contribution < 1.29 is 0 Å². The van der Waals surface area contributed by atoms with Crippen LogP contribution in [0.1, 0.15) is 29.5 Å². The molecule has 0 bridgehead atoms. The maximum Gasteiger partial charge on any atom is 0.251 e. The molecule has 0 aliphatic carbocycles. The van der Waals surface area contributed by atoms with Crippen LogP contribution in [0.5, 0.6) is 0 Å². The van der Waals surface area contributed by atoms with Crippen molar-refractivity contribution in [3.63, 3.8) is 0 Å². The number of H-pyrrole nitrogens is 1. The summed E-state index contributed by atoms with van der Waals surface area (Å²) in [5.74, 6) is 1.13. The minimum atomic E-state index is -0.0915. The van der Waals surface area contributed by atoms with Gasteiger partial charge in [0.25, 0.3) is 5.56 Å². The van der Waals surface area contributed by atoms with E-state index in [0.717, 1.165) is 43.3 Å². The van der Waals surface area contributed by atoms with Crippen LogP contribution in [-0.4, -0.2) is 32.9 Å². The summed E-state index contributed by atoms with van der Waals surface area (Å²) in [5.41, 5.74) is 0.594. The van der Waals surface area contributed by atoms with Gasteiger partial charge in [-0.05, 0) is 37.4 Å². The van der Waals surface area contributed by atoms with Gasteiger partial charge in [0.2, 0.25) is 0 Å². The number of thiophene rings is 1. The molecule has 0 amide bonds. The predicted molar refractivity (Wildman–Crippen MR) is 97.5 cm³/mol. The van der Waals surface area contributed by atoms with Crippen molar-refractivity contribution in [1.82, 2.24) is 19.9 Å². The van der Waals surface area contributed by atoms with Crippen LogP contribution in [-0.2, 0) is 6.54 Å². The molecule has 3 aromatic rings. The molecule has 5 nitrogen and oxygen atoms in total. The third kappa shape index (κ3) is 3.48. The maximum absolute atomic E-state index is 12.0. The van der Waals surface area contributed by atoms with Gasteiger partial charge in [0, 0.05) is 35.0 Å². The number of rotatable bonds is 4. The largest absolute Gasteiger partial charge is 0.310 e. The Bertz CT molecular complexity index is 834. The molecule has 1 N–H and O–H groups in total. The molecule has 124 valence electrons. The summed E-state index contributed by atoms with van der Waals surface area (Å²) < 4.78 is 0. The highest BCUT2D eigenvalue weighted by atomic mass is 32.1. The number of likely N-dealkylation sites (tertiary alicyclic amines) is 1. The first-order valence-electron chi connectivity index (χ1n) is 8.04. The highest BCUT2D eigenvalue weighted by molar-refractivity contribution is 7.13. The summed E-state index contributed by atoms with van der Waals surface area (Å²) in [6.07, 6.45) is 3.79. The zero-order valence-corrected chi connectivity index (χ0v) is 14.8. The van der Waals surface area contributed by atoms with E-state index >= 15 is 0 Å². The first-order valence-corrected chi connectivity index (χ1v) is 9.80. The van der Waals surface area contributed by atoms with Gasteiger partial charge in [-0.15, -0.1) is 22.7 Å². The topological polar surface area (TPSA) is 61.9 Å². The van der Waals surface area contributed by atoms with Crippen molar-refractivity contribution in [2.24, 2.45) is 0 Å². The molecule has 1 aliphatic heterocycles. The highest BCUT2D eigenvalue weighted by Crippen LogP contribution is 2.28. The van der Waals surface area contributed by atoms with Crippen LogP contribution in [0, 0.1) is 0 Å². The fourth-order valence-electron chi connectivity index (χ4n) is 3.12. The fraction of sp³-hybridized carbons (Fsp3) is 0.353. The van der Waals surface area contributed by atoms with E-state index in [-0.39, 0.29) is 5.56 Å². The molecular weight excluding hydrogens is 340 g/mol. The number of nitrogens with zero attached hydrogens (tertiary/aromatic N) is 3. The van der Waals surface area contributed by atoms with Gasteiger partial charge in [-0.3, -0.25) is 9.69 Å². The summed E-state index contributed by atoms with van der Waals surface area (Å²) in [6, 6.07) is 5.83. The average Bonchev–Trinajstić information content (AvgIpc) is 3.29. The van der Waals surface area contributed by atoms with E-state index in [1.807, 2.05) is 16.7 Å². The van der Waals surface area contributed by atoms with Crippen LogP contribution in [0.3, 0.4) is 0 Å². The average molecular weight is 358 g/mol. The first kappa shape index (κ1) is 15.7. The molecule has 4 rings (SSSR count). The second-order valence-corrected chi connectivity index (χ2v) is 7.91. The maximum atomic E-state index is 12.0. The number of hydrogen-bond acceptors (Lipinski definition) is 6. The number of nitrogens with one attached hydrogen (secondary N) is 1. The lowest BCUT2D eigenvalue weighted by atomic mass is 9.96. The van der Waals surface area contributed by atoms with Crippen molar-refractivity contribution in [3.8, 4) is 10.7 Å². The first-order chi connectivity index (χ1) is 11.8. The number of thiazole rings is 1. The summed E-state index contributed by atoms with van der Waals surface area (Å²) in [5, 5.41) is 4.83. The van der Waals surface area contributed by atoms with E-state index in [1.165, 1.54) is 22.3 Å². The molecule has 0 radical (unpaired) electrons. The molecule has 24 heavy (non-hydrogen) atoms. The van der Waals surface area contributed by atoms with Gasteiger partial charge in [0.05, 0.1) is 0 Å². The summed E-state index contributed by atoms with van der Waals surface area (Å²) in [7, 11) is 0. The number of piperidine rings is 1. The molecule has 0 unspecified atom stereocenters. The van der Waals surface area contributed by atoms with Crippen molar-refractivity contribution in [2.45, 2.75) is 25.3 Å². The smallest absolute Gasteiger partial charge is 0.251 e. The van der Waals surface area contributed by atoms with Crippen molar-refractivity contribution in [2.75, 3.05) is 13.1 Å².